The number of nitrogens with one attached hydrogen (secondary N) is 2. The summed E-state index contributed by atoms with van der Waals surface area (Å²) in [7, 11) is 0. The van der Waals surface area contributed by atoms with Crippen molar-refractivity contribution in [1.29, 1.82) is 0 Å². The molecule has 1 fully saturated rings. The summed E-state index contributed by atoms with van der Waals surface area (Å²) in [5.74, 6) is -1.18. The van der Waals surface area contributed by atoms with Crippen LogP contribution >= 0.6 is 0 Å². The number of hydrogen-bond acceptors (Lipinski definition) is 3. The van der Waals surface area contributed by atoms with Gasteiger partial charge < -0.3 is 10.6 Å². The Kier molecular flexibility index (Phi) is 5.33. The highest BCUT2D eigenvalue weighted by molar-refractivity contribution is 6.39. The maximum atomic E-state index is 11.8. The zero-order valence-corrected chi connectivity index (χ0v) is 12.7. The highest BCUT2D eigenvalue weighted by atomic mass is 16.2. The number of aryl methyl sites for hydroxylation is 1. The first-order valence-corrected chi connectivity index (χ1v) is 7.50. The number of hydrogen-bond donors (Lipinski definition) is 2. The lowest BCUT2D eigenvalue weighted by Gasteiger charge is -2.22. The van der Waals surface area contributed by atoms with Crippen LogP contribution in [-0.4, -0.2) is 42.4 Å². The van der Waals surface area contributed by atoms with E-state index in [4.69, 9.17) is 0 Å². The Hall–Kier alpha value is -1.88. The first kappa shape index (κ1) is 15.5. The van der Waals surface area contributed by atoms with Crippen molar-refractivity contribution in [3.05, 3.63) is 29.8 Å². The average molecular weight is 289 g/mol. The monoisotopic (exact) mass is 289 g/mol. The molecule has 1 aromatic carbocycles. The van der Waals surface area contributed by atoms with Crippen molar-refractivity contribution in [2.45, 2.75) is 32.7 Å². The molecule has 1 aliphatic heterocycles. The van der Waals surface area contributed by atoms with Crippen molar-refractivity contribution in [3.8, 4) is 0 Å². The van der Waals surface area contributed by atoms with Crippen molar-refractivity contribution in [1.82, 2.24) is 10.2 Å². The van der Waals surface area contributed by atoms with Crippen LogP contribution < -0.4 is 10.6 Å². The van der Waals surface area contributed by atoms with Crippen molar-refractivity contribution in [2.24, 2.45) is 0 Å². The van der Waals surface area contributed by atoms with E-state index in [9.17, 15) is 9.59 Å². The van der Waals surface area contributed by atoms with Gasteiger partial charge in [-0.2, -0.15) is 0 Å². The fraction of sp³-hybridized carbons (Fsp3) is 0.500. The minimum atomic E-state index is -0.611. The van der Waals surface area contributed by atoms with Crippen LogP contribution in [0.2, 0.25) is 0 Å². The number of nitrogens with zero attached hydrogens (tertiary/aromatic N) is 1. The summed E-state index contributed by atoms with van der Waals surface area (Å²) in [5, 5.41) is 5.33. The lowest BCUT2D eigenvalue weighted by molar-refractivity contribution is -0.136. The van der Waals surface area contributed by atoms with E-state index in [0.29, 0.717) is 18.3 Å². The number of anilines is 1. The summed E-state index contributed by atoms with van der Waals surface area (Å²) in [5.41, 5.74) is 1.75. The third kappa shape index (κ3) is 4.29. The fourth-order valence-electron chi connectivity index (χ4n) is 2.66. The molecule has 1 atom stereocenters. The number of likely N-dealkylation sites (tertiary alicyclic amines) is 1. The van der Waals surface area contributed by atoms with E-state index < -0.39 is 11.8 Å². The van der Waals surface area contributed by atoms with E-state index >= 15 is 0 Å². The number of rotatable bonds is 4. The van der Waals surface area contributed by atoms with E-state index in [1.807, 2.05) is 19.1 Å². The Bertz CT molecular complexity index is 499. The summed E-state index contributed by atoms with van der Waals surface area (Å²) < 4.78 is 0. The molecule has 0 unspecified atom stereocenters. The molecule has 1 aromatic rings. The summed E-state index contributed by atoms with van der Waals surface area (Å²) in [6.07, 6.45) is 2.23. The third-order valence-corrected chi connectivity index (χ3v) is 3.92. The topological polar surface area (TPSA) is 61.4 Å². The van der Waals surface area contributed by atoms with E-state index in [1.54, 1.807) is 12.1 Å². The Morgan fingerprint density at radius 3 is 2.62 bits per heavy atom. The molecule has 1 aliphatic rings. The lowest BCUT2D eigenvalue weighted by atomic mass is 10.2. The second kappa shape index (κ2) is 7.22. The van der Waals surface area contributed by atoms with Gasteiger partial charge in [-0.25, -0.2) is 0 Å². The van der Waals surface area contributed by atoms with Crippen LogP contribution in [0.4, 0.5) is 5.69 Å². The van der Waals surface area contributed by atoms with Crippen LogP contribution in [0.5, 0.6) is 0 Å². The number of carbonyl (C=O) groups is 2. The Labute approximate surface area is 125 Å². The Morgan fingerprint density at radius 2 is 1.95 bits per heavy atom. The Balaban J connectivity index is 1.80. The maximum Gasteiger partial charge on any atom is 0.313 e. The van der Waals surface area contributed by atoms with Crippen LogP contribution in [0.25, 0.3) is 0 Å². The number of carbonyl (C=O) groups excluding carboxylic acids is 2. The molecule has 0 radical (unpaired) electrons. The fourth-order valence-corrected chi connectivity index (χ4v) is 2.66. The molecule has 2 amide bonds. The zero-order chi connectivity index (χ0) is 15.2. The number of amides is 2. The summed E-state index contributed by atoms with van der Waals surface area (Å²) >= 11 is 0. The summed E-state index contributed by atoms with van der Waals surface area (Å²) in [4.78, 5) is 26.0. The second-order valence-corrected chi connectivity index (χ2v) is 5.45. The molecular weight excluding hydrogens is 266 g/mol. The van der Waals surface area contributed by atoms with Crippen molar-refractivity contribution < 1.29 is 9.59 Å². The molecule has 114 valence electrons. The van der Waals surface area contributed by atoms with E-state index in [0.717, 1.165) is 31.5 Å². The van der Waals surface area contributed by atoms with E-state index in [-0.39, 0.29) is 0 Å². The minimum absolute atomic E-state index is 0.353. The predicted molar refractivity (Wildman–Crippen MR) is 83.1 cm³/mol. The highest BCUT2D eigenvalue weighted by Gasteiger charge is 2.24. The van der Waals surface area contributed by atoms with E-state index in [1.165, 1.54) is 0 Å². The standard InChI is InChI=1S/C16H23N3O2/c1-3-19-10-4-5-14(19)11-17-15(20)16(21)18-13-8-6-12(2)7-9-13/h6-9,14H,3-5,10-11H2,1-2H3,(H,17,20)(H,18,21)/t14-/m1/s1. The minimum Gasteiger partial charge on any atom is -0.346 e. The first-order valence-electron chi connectivity index (χ1n) is 7.50. The molecule has 1 saturated heterocycles. The van der Waals surface area contributed by atoms with Crippen molar-refractivity contribution >= 4 is 17.5 Å². The molecular formula is C16H23N3O2. The number of benzene rings is 1. The summed E-state index contributed by atoms with van der Waals surface area (Å²) in [6.45, 7) is 6.68. The van der Waals surface area contributed by atoms with Gasteiger partial charge in [-0.3, -0.25) is 14.5 Å². The van der Waals surface area contributed by atoms with Gasteiger partial charge >= 0.3 is 11.8 Å². The SMILES string of the molecule is CCN1CCC[C@@H]1CNC(=O)C(=O)Nc1ccc(C)cc1. The van der Waals surface area contributed by atoms with Crippen LogP contribution in [0.15, 0.2) is 24.3 Å². The normalized spacial score (nSPS) is 18.5. The van der Waals surface area contributed by atoms with Gasteiger partial charge in [-0.15, -0.1) is 0 Å². The Morgan fingerprint density at radius 1 is 1.24 bits per heavy atom. The zero-order valence-electron chi connectivity index (χ0n) is 12.7. The van der Waals surface area contributed by atoms with E-state index in [2.05, 4.69) is 22.5 Å². The van der Waals surface area contributed by atoms with Gasteiger partial charge in [-0.1, -0.05) is 24.6 Å². The molecule has 0 saturated carbocycles. The van der Waals surface area contributed by atoms with Gasteiger partial charge in [0.15, 0.2) is 0 Å². The van der Waals surface area contributed by atoms with Gasteiger partial charge in [0, 0.05) is 18.3 Å². The molecule has 1 heterocycles. The summed E-state index contributed by atoms with van der Waals surface area (Å²) in [6, 6.07) is 7.72. The molecule has 0 aromatic heterocycles. The maximum absolute atomic E-state index is 11.8. The predicted octanol–water partition coefficient (Wildman–Crippen LogP) is 1.53. The second-order valence-electron chi connectivity index (χ2n) is 5.45. The largest absolute Gasteiger partial charge is 0.346 e. The molecule has 0 bridgehead atoms. The van der Waals surface area contributed by atoms with Crippen LogP contribution in [-0.2, 0) is 9.59 Å². The van der Waals surface area contributed by atoms with Crippen LogP contribution in [0, 0.1) is 6.92 Å². The van der Waals surface area contributed by atoms with Gasteiger partial charge in [0.05, 0.1) is 0 Å². The quantitative estimate of drug-likeness (QED) is 0.826. The van der Waals surface area contributed by atoms with Crippen molar-refractivity contribution in [3.63, 3.8) is 0 Å². The highest BCUT2D eigenvalue weighted by Crippen LogP contribution is 2.15. The molecule has 21 heavy (non-hydrogen) atoms. The molecule has 5 heteroatoms. The molecule has 2 rings (SSSR count). The molecule has 0 aliphatic carbocycles. The molecule has 0 spiro atoms. The van der Waals surface area contributed by atoms with Gasteiger partial charge in [0.25, 0.3) is 0 Å². The number of likely N-dealkylation sites (N-methyl/N-ethyl adjacent to an activating group) is 1. The molecule has 2 N–H and O–H groups in total. The first-order chi connectivity index (χ1) is 10.1. The smallest absolute Gasteiger partial charge is 0.313 e. The van der Waals surface area contributed by atoms with Gasteiger partial charge in [0.1, 0.15) is 0 Å². The third-order valence-electron chi connectivity index (χ3n) is 3.92. The van der Waals surface area contributed by atoms with Crippen LogP contribution in [0.1, 0.15) is 25.3 Å². The van der Waals surface area contributed by atoms with Gasteiger partial charge in [-0.05, 0) is 45.0 Å². The molecule has 5 nitrogen and oxygen atoms in total. The van der Waals surface area contributed by atoms with Crippen molar-refractivity contribution in [2.75, 3.05) is 25.0 Å². The van der Waals surface area contributed by atoms with Gasteiger partial charge in [0.2, 0.25) is 0 Å². The lowest BCUT2D eigenvalue weighted by Crippen LogP contribution is -2.43. The van der Waals surface area contributed by atoms with Crippen LogP contribution in [0.3, 0.4) is 0 Å². The average Bonchev–Trinajstić information content (AvgIpc) is 2.94.